The molecular weight excluding hydrogens is 432 g/mol. The van der Waals surface area contributed by atoms with Gasteiger partial charge in [-0.15, -0.1) is 0 Å². The Labute approximate surface area is 194 Å². The summed E-state index contributed by atoms with van der Waals surface area (Å²) in [5.41, 5.74) is 5.94. The van der Waals surface area contributed by atoms with E-state index in [1.54, 1.807) is 6.92 Å². The minimum Gasteiger partial charge on any atom is -0.481 e. The number of carboxylic acid groups (broad SMARTS) is 2. The van der Waals surface area contributed by atoms with Crippen LogP contribution in [0, 0.1) is 11.8 Å². The van der Waals surface area contributed by atoms with E-state index in [4.69, 9.17) is 10.8 Å². The number of aliphatic carboxylic acids is 2. The third-order valence-electron chi connectivity index (χ3n) is 5.94. The number of carbonyl (C=O) groups excluding carboxylic acids is 3. The maximum atomic E-state index is 13.1. The molecule has 5 atom stereocenters. The van der Waals surface area contributed by atoms with E-state index >= 15 is 0 Å². The van der Waals surface area contributed by atoms with Gasteiger partial charge in [0.05, 0.1) is 6.04 Å². The summed E-state index contributed by atoms with van der Waals surface area (Å²) in [6.07, 6.45) is 1.20. The zero-order chi connectivity index (χ0) is 25.3. The van der Waals surface area contributed by atoms with Crippen molar-refractivity contribution in [1.82, 2.24) is 15.5 Å². The van der Waals surface area contributed by atoms with E-state index in [0.29, 0.717) is 25.7 Å². The van der Waals surface area contributed by atoms with Gasteiger partial charge in [-0.3, -0.25) is 19.2 Å². The van der Waals surface area contributed by atoms with Crippen LogP contribution in [0.3, 0.4) is 0 Å². The predicted octanol–water partition coefficient (Wildman–Crippen LogP) is 0.316. The lowest BCUT2D eigenvalue weighted by Gasteiger charge is -2.30. The Morgan fingerprint density at radius 3 is 2.21 bits per heavy atom. The molecule has 0 saturated carbocycles. The van der Waals surface area contributed by atoms with E-state index in [1.807, 2.05) is 20.8 Å². The number of rotatable bonds is 13. The van der Waals surface area contributed by atoms with E-state index in [2.05, 4.69) is 10.6 Å². The van der Waals surface area contributed by atoms with Crippen LogP contribution < -0.4 is 16.4 Å². The smallest absolute Gasteiger partial charge is 0.326 e. The molecule has 1 saturated heterocycles. The number of nitrogens with one attached hydrogen (secondary N) is 2. The van der Waals surface area contributed by atoms with Gasteiger partial charge in [0.25, 0.3) is 0 Å². The summed E-state index contributed by atoms with van der Waals surface area (Å²) in [4.78, 5) is 62.5. The normalized spacial score (nSPS) is 19.5. The van der Waals surface area contributed by atoms with Crippen LogP contribution in [-0.4, -0.2) is 75.5 Å². The van der Waals surface area contributed by atoms with Gasteiger partial charge in [-0.25, -0.2) is 4.79 Å². The Morgan fingerprint density at radius 1 is 1.06 bits per heavy atom. The van der Waals surface area contributed by atoms with Crippen molar-refractivity contribution in [3.63, 3.8) is 0 Å². The number of nitrogens with zero attached hydrogens (tertiary/aromatic N) is 1. The van der Waals surface area contributed by atoms with Crippen LogP contribution in [-0.2, 0) is 24.0 Å². The first-order valence-electron chi connectivity index (χ1n) is 11.5. The first kappa shape index (κ1) is 28.3. The maximum absolute atomic E-state index is 13.1. The van der Waals surface area contributed by atoms with Crippen molar-refractivity contribution in [2.75, 3.05) is 6.54 Å². The quantitative estimate of drug-likeness (QED) is 0.255. The van der Waals surface area contributed by atoms with E-state index < -0.39 is 53.8 Å². The topological polar surface area (TPSA) is 179 Å². The summed E-state index contributed by atoms with van der Waals surface area (Å²) in [6.45, 7) is 7.68. The summed E-state index contributed by atoms with van der Waals surface area (Å²) < 4.78 is 0. The molecule has 0 aromatic heterocycles. The van der Waals surface area contributed by atoms with Gasteiger partial charge in [0, 0.05) is 13.0 Å². The van der Waals surface area contributed by atoms with Gasteiger partial charge in [-0.2, -0.15) is 0 Å². The Kier molecular flexibility index (Phi) is 11.3. The van der Waals surface area contributed by atoms with Crippen LogP contribution in [0.1, 0.15) is 66.2 Å². The molecule has 188 valence electrons. The minimum absolute atomic E-state index is 0.183. The van der Waals surface area contributed by atoms with Gasteiger partial charge >= 0.3 is 11.9 Å². The van der Waals surface area contributed by atoms with Crippen LogP contribution in [0.5, 0.6) is 0 Å². The minimum atomic E-state index is -1.22. The molecule has 3 amide bonds. The molecule has 0 aromatic rings. The number of carbonyl (C=O) groups is 5. The van der Waals surface area contributed by atoms with Crippen molar-refractivity contribution >= 4 is 29.7 Å². The van der Waals surface area contributed by atoms with E-state index in [9.17, 15) is 29.1 Å². The SMILES string of the molecule is CCC(C)C(NC(=O)C(N)CC(C)C)C(=O)NC(CCC(=O)O)C(=O)N1CCCC1C(=O)O. The number of likely N-dealkylation sites (tertiary alicyclic amines) is 1. The molecule has 11 heteroatoms. The molecule has 1 aliphatic rings. The van der Waals surface area contributed by atoms with E-state index in [0.717, 1.165) is 0 Å². The average molecular weight is 471 g/mol. The summed E-state index contributed by atoms with van der Waals surface area (Å²) in [7, 11) is 0. The fraction of sp³-hybridized carbons (Fsp3) is 0.773. The van der Waals surface area contributed by atoms with Gasteiger partial charge in [0.2, 0.25) is 17.7 Å². The van der Waals surface area contributed by atoms with Crippen molar-refractivity contribution < 1.29 is 34.2 Å². The van der Waals surface area contributed by atoms with Crippen LogP contribution in [0.15, 0.2) is 0 Å². The molecular formula is C22H38N4O7. The molecule has 0 spiro atoms. The van der Waals surface area contributed by atoms with Crippen LogP contribution in [0.2, 0.25) is 0 Å². The first-order valence-corrected chi connectivity index (χ1v) is 11.5. The van der Waals surface area contributed by atoms with Gasteiger partial charge in [0.1, 0.15) is 18.1 Å². The molecule has 33 heavy (non-hydrogen) atoms. The number of hydrogen-bond donors (Lipinski definition) is 5. The second-order valence-corrected chi connectivity index (χ2v) is 9.13. The zero-order valence-corrected chi connectivity index (χ0v) is 19.9. The highest BCUT2D eigenvalue weighted by molar-refractivity contribution is 5.94. The Morgan fingerprint density at radius 2 is 1.70 bits per heavy atom. The fourth-order valence-corrected chi connectivity index (χ4v) is 3.85. The zero-order valence-electron chi connectivity index (χ0n) is 19.9. The third-order valence-corrected chi connectivity index (χ3v) is 5.94. The molecule has 1 fully saturated rings. The van der Waals surface area contributed by atoms with Gasteiger partial charge in [-0.05, 0) is 37.5 Å². The predicted molar refractivity (Wildman–Crippen MR) is 120 cm³/mol. The second-order valence-electron chi connectivity index (χ2n) is 9.13. The standard InChI is InChI=1S/C22H38N4O7/c1-5-13(4)18(25-19(29)14(23)11-12(2)3)20(30)24-15(8-9-17(27)28)21(31)26-10-6-7-16(26)22(32)33/h12-16,18H,5-11,23H2,1-4H3,(H,24,30)(H,25,29)(H,27,28)(H,32,33). The summed E-state index contributed by atoms with van der Waals surface area (Å²) >= 11 is 0. The fourth-order valence-electron chi connectivity index (χ4n) is 3.85. The summed E-state index contributed by atoms with van der Waals surface area (Å²) in [6, 6.07) is -4.01. The van der Waals surface area contributed by atoms with Crippen molar-refractivity contribution in [2.24, 2.45) is 17.6 Å². The van der Waals surface area contributed by atoms with Crippen molar-refractivity contribution in [2.45, 2.75) is 90.4 Å². The van der Waals surface area contributed by atoms with Crippen molar-refractivity contribution in [3.05, 3.63) is 0 Å². The van der Waals surface area contributed by atoms with Crippen LogP contribution in [0.25, 0.3) is 0 Å². The molecule has 0 aliphatic carbocycles. The first-order chi connectivity index (χ1) is 15.4. The Hall–Kier alpha value is -2.69. The highest BCUT2D eigenvalue weighted by Crippen LogP contribution is 2.20. The lowest BCUT2D eigenvalue weighted by atomic mass is 9.96. The molecule has 1 rings (SSSR count). The summed E-state index contributed by atoms with van der Waals surface area (Å²) in [5.74, 6) is -4.15. The molecule has 5 unspecified atom stereocenters. The Balaban J connectivity index is 3.04. The van der Waals surface area contributed by atoms with Crippen molar-refractivity contribution in [1.29, 1.82) is 0 Å². The molecule has 1 heterocycles. The second kappa shape index (κ2) is 13.1. The molecule has 1 aliphatic heterocycles. The van der Waals surface area contributed by atoms with E-state index in [-0.39, 0.29) is 31.2 Å². The van der Waals surface area contributed by atoms with Crippen molar-refractivity contribution in [3.8, 4) is 0 Å². The molecule has 0 bridgehead atoms. The monoisotopic (exact) mass is 470 g/mol. The Bertz CT molecular complexity index is 728. The largest absolute Gasteiger partial charge is 0.481 e. The van der Waals surface area contributed by atoms with Gasteiger partial charge < -0.3 is 31.5 Å². The maximum Gasteiger partial charge on any atom is 0.326 e. The lowest BCUT2D eigenvalue weighted by molar-refractivity contribution is -0.150. The number of nitrogens with two attached hydrogens (primary N) is 1. The average Bonchev–Trinajstić information content (AvgIpc) is 3.23. The highest BCUT2D eigenvalue weighted by Gasteiger charge is 2.39. The number of hydrogen-bond acceptors (Lipinski definition) is 6. The summed E-state index contributed by atoms with van der Waals surface area (Å²) in [5, 5.41) is 23.7. The van der Waals surface area contributed by atoms with Crippen LogP contribution in [0.4, 0.5) is 0 Å². The van der Waals surface area contributed by atoms with Crippen LogP contribution >= 0.6 is 0 Å². The highest BCUT2D eigenvalue weighted by atomic mass is 16.4. The van der Waals surface area contributed by atoms with Gasteiger partial charge in [0.15, 0.2) is 0 Å². The number of carboxylic acids is 2. The third kappa shape index (κ3) is 8.64. The molecule has 0 aromatic carbocycles. The van der Waals surface area contributed by atoms with E-state index in [1.165, 1.54) is 4.90 Å². The lowest BCUT2D eigenvalue weighted by Crippen LogP contribution is -2.58. The molecule has 11 nitrogen and oxygen atoms in total. The van der Waals surface area contributed by atoms with Gasteiger partial charge in [-0.1, -0.05) is 34.1 Å². The molecule has 0 radical (unpaired) electrons. The number of amides is 3. The molecule has 6 N–H and O–H groups in total.